The van der Waals surface area contributed by atoms with Crippen molar-refractivity contribution in [3.05, 3.63) is 54.4 Å². The molecule has 1 aromatic carbocycles. The van der Waals surface area contributed by atoms with Crippen molar-refractivity contribution in [2.75, 3.05) is 0 Å². The molecule has 23 heavy (non-hydrogen) atoms. The van der Waals surface area contributed by atoms with Gasteiger partial charge in [0.15, 0.2) is 0 Å². The Morgan fingerprint density at radius 3 is 2.57 bits per heavy atom. The summed E-state index contributed by atoms with van der Waals surface area (Å²) in [6.45, 7) is 4.53. The number of hydrogen-bond donors (Lipinski definition) is 1. The zero-order valence-corrected chi connectivity index (χ0v) is 13.8. The van der Waals surface area contributed by atoms with Gasteiger partial charge in [0.1, 0.15) is 0 Å². The first-order valence-electron chi connectivity index (χ1n) is 8.46. The number of carbonyl (C=O) groups is 1. The summed E-state index contributed by atoms with van der Waals surface area (Å²) in [6.07, 6.45) is 7.16. The SMILES string of the molecule is CC1CCCC(NC(=O)c2ccc(-c3cccnc3)cc2)C1C. The fraction of sp³-hybridized carbons (Fsp3) is 0.400. The molecule has 0 spiro atoms. The third kappa shape index (κ3) is 3.61. The molecule has 3 rings (SSSR count). The second-order valence-electron chi connectivity index (χ2n) is 6.67. The lowest BCUT2D eigenvalue weighted by Gasteiger charge is -2.34. The highest BCUT2D eigenvalue weighted by atomic mass is 16.1. The van der Waals surface area contributed by atoms with Crippen molar-refractivity contribution >= 4 is 5.91 Å². The van der Waals surface area contributed by atoms with Crippen molar-refractivity contribution in [3.63, 3.8) is 0 Å². The number of carbonyl (C=O) groups excluding carboxylic acids is 1. The molecule has 3 unspecified atom stereocenters. The number of rotatable bonds is 3. The normalized spacial score (nSPS) is 24.2. The third-order valence-corrected chi connectivity index (χ3v) is 5.17. The highest BCUT2D eigenvalue weighted by Gasteiger charge is 2.28. The number of hydrogen-bond acceptors (Lipinski definition) is 2. The molecule has 3 atom stereocenters. The molecule has 1 saturated carbocycles. The largest absolute Gasteiger partial charge is 0.349 e. The quantitative estimate of drug-likeness (QED) is 0.918. The van der Waals surface area contributed by atoms with Crippen molar-refractivity contribution in [2.45, 2.75) is 39.2 Å². The zero-order valence-electron chi connectivity index (χ0n) is 13.8. The van der Waals surface area contributed by atoms with Gasteiger partial charge in [-0.2, -0.15) is 0 Å². The highest BCUT2D eigenvalue weighted by Crippen LogP contribution is 2.29. The minimum absolute atomic E-state index is 0.0358. The van der Waals surface area contributed by atoms with Crippen LogP contribution in [0, 0.1) is 11.8 Å². The Morgan fingerprint density at radius 2 is 1.87 bits per heavy atom. The van der Waals surface area contributed by atoms with Gasteiger partial charge in [-0.25, -0.2) is 0 Å². The second kappa shape index (κ2) is 6.95. The van der Waals surface area contributed by atoms with E-state index in [1.165, 1.54) is 12.8 Å². The molecule has 0 aliphatic heterocycles. The van der Waals surface area contributed by atoms with Gasteiger partial charge in [-0.15, -0.1) is 0 Å². The molecular weight excluding hydrogens is 284 g/mol. The van der Waals surface area contributed by atoms with E-state index in [1.54, 1.807) is 6.20 Å². The lowest BCUT2D eigenvalue weighted by Crippen LogP contribution is -2.43. The first-order chi connectivity index (χ1) is 11.1. The Kier molecular flexibility index (Phi) is 4.75. The van der Waals surface area contributed by atoms with E-state index in [9.17, 15) is 4.79 Å². The van der Waals surface area contributed by atoms with Gasteiger partial charge in [0.05, 0.1) is 0 Å². The van der Waals surface area contributed by atoms with Crippen LogP contribution in [-0.4, -0.2) is 16.9 Å². The molecule has 0 radical (unpaired) electrons. The minimum Gasteiger partial charge on any atom is -0.349 e. The fourth-order valence-electron chi connectivity index (χ4n) is 3.39. The number of pyridine rings is 1. The van der Waals surface area contributed by atoms with E-state index < -0.39 is 0 Å². The summed E-state index contributed by atoms with van der Waals surface area (Å²) in [5.74, 6) is 1.26. The lowest BCUT2D eigenvalue weighted by atomic mass is 9.78. The van der Waals surface area contributed by atoms with Crippen LogP contribution in [0.2, 0.25) is 0 Å². The molecule has 1 aliphatic rings. The summed E-state index contributed by atoms with van der Waals surface area (Å²) >= 11 is 0. The summed E-state index contributed by atoms with van der Waals surface area (Å²) in [6, 6.07) is 12.0. The number of nitrogens with one attached hydrogen (secondary N) is 1. The van der Waals surface area contributed by atoms with E-state index >= 15 is 0 Å². The van der Waals surface area contributed by atoms with Gasteiger partial charge in [0, 0.05) is 24.0 Å². The van der Waals surface area contributed by atoms with Gasteiger partial charge in [0.25, 0.3) is 5.91 Å². The number of benzene rings is 1. The number of amides is 1. The van der Waals surface area contributed by atoms with Crippen LogP contribution >= 0.6 is 0 Å². The standard InChI is InChI=1S/C20H24N2O/c1-14-5-3-7-19(15(14)2)22-20(23)17-10-8-16(9-11-17)18-6-4-12-21-13-18/h4,6,8-15,19H,3,5,7H2,1-2H3,(H,22,23). The van der Waals surface area contributed by atoms with E-state index in [0.717, 1.165) is 23.1 Å². The van der Waals surface area contributed by atoms with Gasteiger partial charge >= 0.3 is 0 Å². The van der Waals surface area contributed by atoms with Gasteiger partial charge < -0.3 is 5.32 Å². The molecule has 1 amide bonds. The van der Waals surface area contributed by atoms with Gasteiger partial charge in [-0.3, -0.25) is 9.78 Å². The fourth-order valence-corrected chi connectivity index (χ4v) is 3.39. The predicted octanol–water partition coefficient (Wildman–Crippen LogP) is 4.30. The van der Waals surface area contributed by atoms with Crippen LogP contribution in [0.1, 0.15) is 43.5 Å². The summed E-state index contributed by atoms with van der Waals surface area (Å²) in [4.78, 5) is 16.6. The van der Waals surface area contributed by atoms with Gasteiger partial charge in [-0.1, -0.05) is 44.9 Å². The number of aromatic nitrogens is 1. The zero-order chi connectivity index (χ0) is 16.2. The Balaban J connectivity index is 1.68. The molecule has 1 aliphatic carbocycles. The summed E-state index contributed by atoms with van der Waals surface area (Å²) in [5.41, 5.74) is 2.87. The topological polar surface area (TPSA) is 42.0 Å². The van der Waals surface area contributed by atoms with Crippen LogP contribution in [0.4, 0.5) is 0 Å². The van der Waals surface area contributed by atoms with Crippen molar-refractivity contribution in [1.82, 2.24) is 10.3 Å². The predicted molar refractivity (Wildman–Crippen MR) is 93.1 cm³/mol. The lowest BCUT2D eigenvalue weighted by molar-refractivity contribution is 0.0891. The van der Waals surface area contributed by atoms with E-state index in [4.69, 9.17) is 0 Å². The second-order valence-corrected chi connectivity index (χ2v) is 6.67. The van der Waals surface area contributed by atoms with Crippen LogP contribution in [0.5, 0.6) is 0 Å². The summed E-state index contributed by atoms with van der Waals surface area (Å²) in [7, 11) is 0. The average Bonchev–Trinajstić information content (AvgIpc) is 2.60. The Morgan fingerprint density at radius 1 is 1.09 bits per heavy atom. The first kappa shape index (κ1) is 15.7. The Labute approximate surface area is 138 Å². The van der Waals surface area contributed by atoms with Crippen molar-refractivity contribution < 1.29 is 4.79 Å². The maximum Gasteiger partial charge on any atom is 0.251 e. The van der Waals surface area contributed by atoms with E-state index in [-0.39, 0.29) is 5.91 Å². The molecule has 0 saturated heterocycles. The minimum atomic E-state index is 0.0358. The van der Waals surface area contributed by atoms with Crippen LogP contribution in [0.25, 0.3) is 11.1 Å². The molecule has 3 heteroatoms. The smallest absolute Gasteiger partial charge is 0.251 e. The average molecular weight is 308 g/mol. The van der Waals surface area contributed by atoms with Gasteiger partial charge in [-0.05, 0) is 47.6 Å². The Bertz CT molecular complexity index is 651. The van der Waals surface area contributed by atoms with E-state index in [1.807, 2.05) is 42.6 Å². The maximum atomic E-state index is 12.5. The van der Waals surface area contributed by atoms with Crippen LogP contribution in [-0.2, 0) is 0 Å². The van der Waals surface area contributed by atoms with Crippen molar-refractivity contribution in [2.24, 2.45) is 11.8 Å². The molecular formula is C20H24N2O. The molecule has 2 aromatic rings. The molecule has 3 nitrogen and oxygen atoms in total. The molecule has 120 valence electrons. The van der Waals surface area contributed by atoms with Crippen LogP contribution in [0.3, 0.4) is 0 Å². The Hall–Kier alpha value is -2.16. The monoisotopic (exact) mass is 308 g/mol. The summed E-state index contributed by atoms with van der Waals surface area (Å²) in [5, 5.41) is 3.22. The highest BCUT2D eigenvalue weighted by molar-refractivity contribution is 5.94. The third-order valence-electron chi connectivity index (χ3n) is 5.17. The number of nitrogens with zero attached hydrogens (tertiary/aromatic N) is 1. The molecule has 1 heterocycles. The van der Waals surface area contributed by atoms with Crippen LogP contribution < -0.4 is 5.32 Å². The molecule has 1 fully saturated rings. The molecule has 0 bridgehead atoms. The summed E-state index contributed by atoms with van der Waals surface area (Å²) < 4.78 is 0. The maximum absolute atomic E-state index is 12.5. The molecule has 1 aromatic heterocycles. The van der Waals surface area contributed by atoms with Crippen molar-refractivity contribution in [3.8, 4) is 11.1 Å². The van der Waals surface area contributed by atoms with E-state index in [0.29, 0.717) is 17.9 Å². The molecule has 1 N–H and O–H groups in total. The van der Waals surface area contributed by atoms with Gasteiger partial charge in [0.2, 0.25) is 0 Å². The van der Waals surface area contributed by atoms with Crippen LogP contribution in [0.15, 0.2) is 48.8 Å². The first-order valence-corrected chi connectivity index (χ1v) is 8.46. The van der Waals surface area contributed by atoms with E-state index in [2.05, 4.69) is 24.1 Å². The van der Waals surface area contributed by atoms with Crippen molar-refractivity contribution in [1.29, 1.82) is 0 Å².